The summed E-state index contributed by atoms with van der Waals surface area (Å²) in [5.74, 6) is 1.31. The highest BCUT2D eigenvalue weighted by atomic mass is 32.1. The number of carbonyl (C=O) groups excluding carboxylic acids is 2. The molecule has 1 aromatic heterocycles. The summed E-state index contributed by atoms with van der Waals surface area (Å²) in [6, 6.07) is 14.8. The minimum atomic E-state index is -0.131. The van der Waals surface area contributed by atoms with Gasteiger partial charge in [-0.05, 0) is 44.0 Å². The third-order valence-electron chi connectivity index (χ3n) is 5.87. The van der Waals surface area contributed by atoms with Crippen LogP contribution in [0.2, 0.25) is 0 Å². The molecule has 1 aliphatic rings. The van der Waals surface area contributed by atoms with Crippen molar-refractivity contribution in [2.24, 2.45) is 0 Å². The third kappa shape index (κ3) is 6.14. The van der Waals surface area contributed by atoms with Gasteiger partial charge in [0.05, 0.1) is 24.2 Å². The van der Waals surface area contributed by atoms with Gasteiger partial charge in [0.25, 0.3) is 5.91 Å². The minimum absolute atomic E-state index is 0.0327. The summed E-state index contributed by atoms with van der Waals surface area (Å²) in [4.78, 5) is 31.8. The van der Waals surface area contributed by atoms with E-state index in [-0.39, 0.29) is 17.9 Å². The molecule has 0 saturated carbocycles. The zero-order valence-electron chi connectivity index (χ0n) is 19.5. The van der Waals surface area contributed by atoms with Crippen LogP contribution in [0.25, 0.3) is 0 Å². The van der Waals surface area contributed by atoms with Gasteiger partial charge in [0, 0.05) is 35.6 Å². The van der Waals surface area contributed by atoms with Crippen molar-refractivity contribution in [2.45, 2.75) is 38.8 Å². The van der Waals surface area contributed by atoms with Crippen molar-refractivity contribution < 1.29 is 19.1 Å². The van der Waals surface area contributed by atoms with Crippen LogP contribution in [0.3, 0.4) is 0 Å². The van der Waals surface area contributed by atoms with Crippen molar-refractivity contribution in [3.8, 4) is 11.5 Å². The molecule has 2 amide bonds. The molecule has 8 heteroatoms. The summed E-state index contributed by atoms with van der Waals surface area (Å²) in [7, 11) is 1.61. The Balaban J connectivity index is 1.26. The number of piperidine rings is 1. The van der Waals surface area contributed by atoms with Crippen LogP contribution in [0.15, 0.2) is 53.9 Å². The number of para-hydroxylation sites is 1. The third-order valence-corrected chi connectivity index (χ3v) is 6.69. The maximum atomic E-state index is 12.8. The summed E-state index contributed by atoms with van der Waals surface area (Å²) in [6.45, 7) is 3.57. The number of nitrogens with one attached hydrogen (secondary N) is 1. The number of thiazole rings is 1. The van der Waals surface area contributed by atoms with Gasteiger partial charge in [-0.25, -0.2) is 4.98 Å². The van der Waals surface area contributed by atoms with Gasteiger partial charge >= 0.3 is 0 Å². The largest absolute Gasteiger partial charge is 0.496 e. The molecule has 1 N–H and O–H groups in total. The molecule has 0 radical (unpaired) electrons. The molecule has 4 rings (SSSR count). The van der Waals surface area contributed by atoms with Gasteiger partial charge in [0.15, 0.2) is 0 Å². The Kier molecular flexibility index (Phi) is 7.80. The number of hydrogen-bond donors (Lipinski definition) is 1. The lowest BCUT2D eigenvalue weighted by Crippen LogP contribution is -2.47. The van der Waals surface area contributed by atoms with E-state index >= 15 is 0 Å². The van der Waals surface area contributed by atoms with Crippen molar-refractivity contribution in [1.82, 2.24) is 15.2 Å². The molecule has 178 valence electrons. The number of aryl methyl sites for hydroxylation is 1. The van der Waals surface area contributed by atoms with Crippen LogP contribution in [0.1, 0.15) is 39.5 Å². The number of ether oxygens (including phenoxy) is 2. The molecular formula is C26H29N3O4S. The van der Waals surface area contributed by atoms with Gasteiger partial charge < -0.3 is 19.7 Å². The molecule has 1 aliphatic heterocycles. The lowest BCUT2D eigenvalue weighted by molar-refractivity contribution is -0.131. The number of likely N-dealkylation sites (tertiary alicyclic amines) is 1. The number of carbonyl (C=O) groups is 2. The van der Waals surface area contributed by atoms with Gasteiger partial charge in [-0.2, -0.15) is 0 Å². The molecule has 0 atom stereocenters. The van der Waals surface area contributed by atoms with E-state index in [9.17, 15) is 9.59 Å². The quantitative estimate of drug-likeness (QED) is 0.528. The number of aromatic nitrogens is 1. The van der Waals surface area contributed by atoms with E-state index in [1.54, 1.807) is 30.6 Å². The predicted octanol–water partition coefficient (Wildman–Crippen LogP) is 4.00. The molecule has 34 heavy (non-hydrogen) atoms. The minimum Gasteiger partial charge on any atom is -0.496 e. The molecule has 0 spiro atoms. The molecule has 0 aliphatic carbocycles. The number of nitrogens with zero attached hydrogens (tertiary/aromatic N) is 2. The van der Waals surface area contributed by atoms with Crippen LogP contribution in [0.4, 0.5) is 0 Å². The highest BCUT2D eigenvalue weighted by molar-refractivity contribution is 7.09. The lowest BCUT2D eigenvalue weighted by atomic mass is 10.0. The van der Waals surface area contributed by atoms with Gasteiger partial charge in [0.1, 0.15) is 18.1 Å². The van der Waals surface area contributed by atoms with Crippen molar-refractivity contribution in [1.29, 1.82) is 0 Å². The van der Waals surface area contributed by atoms with Crippen molar-refractivity contribution in [3.63, 3.8) is 0 Å². The first-order valence-electron chi connectivity index (χ1n) is 11.4. The Morgan fingerprint density at radius 1 is 1.15 bits per heavy atom. The average Bonchev–Trinajstić information content (AvgIpc) is 3.28. The smallest absolute Gasteiger partial charge is 0.251 e. The summed E-state index contributed by atoms with van der Waals surface area (Å²) in [5.41, 5.74) is 2.32. The first-order valence-corrected chi connectivity index (χ1v) is 12.2. The standard InChI is InChI=1S/C26H29N3O4S/c1-18-27-22(17-34-18)16-33-23-8-5-7-20(14-23)26(31)28-21-10-12-29(13-11-21)25(30)15-19-6-3-4-9-24(19)32-2/h3-9,14,17,21H,10-13,15-16H2,1-2H3,(H,28,31). The maximum absolute atomic E-state index is 12.8. The second-order valence-electron chi connectivity index (χ2n) is 8.29. The van der Waals surface area contributed by atoms with Crippen LogP contribution in [-0.2, 0) is 17.8 Å². The Labute approximate surface area is 203 Å². The molecular weight excluding hydrogens is 450 g/mol. The van der Waals surface area contributed by atoms with Crippen molar-refractivity contribution in [3.05, 3.63) is 75.7 Å². The predicted molar refractivity (Wildman–Crippen MR) is 131 cm³/mol. The molecule has 0 unspecified atom stereocenters. The number of rotatable bonds is 8. The summed E-state index contributed by atoms with van der Waals surface area (Å²) >= 11 is 1.59. The summed E-state index contributed by atoms with van der Waals surface area (Å²) in [6.07, 6.45) is 1.76. The van der Waals surface area contributed by atoms with Gasteiger partial charge in [-0.1, -0.05) is 24.3 Å². The monoisotopic (exact) mass is 479 g/mol. The molecule has 7 nitrogen and oxygen atoms in total. The van der Waals surface area contributed by atoms with Crippen LogP contribution in [-0.4, -0.2) is 47.9 Å². The van der Waals surface area contributed by atoms with Crippen LogP contribution in [0, 0.1) is 6.92 Å². The number of hydrogen-bond acceptors (Lipinski definition) is 6. The van der Waals surface area contributed by atoms with Crippen molar-refractivity contribution in [2.75, 3.05) is 20.2 Å². The van der Waals surface area contributed by atoms with E-state index in [1.165, 1.54) is 0 Å². The van der Waals surface area contributed by atoms with E-state index in [1.807, 2.05) is 53.6 Å². The molecule has 2 aromatic carbocycles. The first-order chi connectivity index (χ1) is 16.5. The Morgan fingerprint density at radius 3 is 2.68 bits per heavy atom. The second kappa shape index (κ2) is 11.2. The maximum Gasteiger partial charge on any atom is 0.251 e. The Hall–Kier alpha value is -3.39. The number of methoxy groups -OCH3 is 1. The van der Waals surface area contributed by atoms with Crippen LogP contribution >= 0.6 is 11.3 Å². The normalized spacial score (nSPS) is 14.0. The Bertz CT molecular complexity index is 1140. The first kappa shape index (κ1) is 23.8. The van der Waals surface area contributed by atoms with E-state index in [4.69, 9.17) is 9.47 Å². The molecule has 0 bridgehead atoms. The Morgan fingerprint density at radius 2 is 1.94 bits per heavy atom. The van der Waals surface area contributed by atoms with Gasteiger partial charge in [-0.15, -0.1) is 11.3 Å². The fourth-order valence-electron chi connectivity index (χ4n) is 4.02. The van der Waals surface area contributed by atoms with Crippen molar-refractivity contribution >= 4 is 23.2 Å². The van der Waals surface area contributed by atoms with E-state index < -0.39 is 0 Å². The van der Waals surface area contributed by atoms with Gasteiger partial charge in [0.2, 0.25) is 5.91 Å². The van der Waals surface area contributed by atoms with Crippen LogP contribution < -0.4 is 14.8 Å². The van der Waals surface area contributed by atoms with E-state index in [2.05, 4.69) is 10.3 Å². The topological polar surface area (TPSA) is 80.8 Å². The highest BCUT2D eigenvalue weighted by Crippen LogP contribution is 2.21. The zero-order valence-corrected chi connectivity index (χ0v) is 20.3. The molecule has 1 saturated heterocycles. The second-order valence-corrected chi connectivity index (χ2v) is 9.35. The summed E-state index contributed by atoms with van der Waals surface area (Å²) in [5, 5.41) is 6.07. The molecule has 3 aromatic rings. The van der Waals surface area contributed by atoms with Crippen LogP contribution in [0.5, 0.6) is 11.5 Å². The number of amides is 2. The zero-order chi connectivity index (χ0) is 23.9. The molecule has 1 fully saturated rings. The summed E-state index contributed by atoms with van der Waals surface area (Å²) < 4.78 is 11.2. The fraction of sp³-hybridized carbons (Fsp3) is 0.346. The average molecular weight is 480 g/mol. The lowest BCUT2D eigenvalue weighted by Gasteiger charge is -2.32. The fourth-order valence-corrected chi connectivity index (χ4v) is 4.62. The number of benzene rings is 2. The van der Waals surface area contributed by atoms with E-state index in [0.29, 0.717) is 37.4 Å². The van der Waals surface area contributed by atoms with Gasteiger partial charge in [-0.3, -0.25) is 9.59 Å². The SMILES string of the molecule is COc1ccccc1CC(=O)N1CCC(NC(=O)c2cccc(OCc3csc(C)n3)c2)CC1. The molecule has 2 heterocycles. The van der Waals surface area contributed by atoms with E-state index in [0.717, 1.165) is 34.9 Å². The highest BCUT2D eigenvalue weighted by Gasteiger charge is 2.25.